The van der Waals surface area contributed by atoms with E-state index in [0.29, 0.717) is 0 Å². The molecular formula is C22H28F2N3O9P. The summed E-state index contributed by atoms with van der Waals surface area (Å²) in [4.78, 5) is 37.7. The first-order chi connectivity index (χ1) is 17.3. The lowest BCUT2D eigenvalue weighted by Gasteiger charge is -2.30. The Hall–Kier alpha value is -2.90. The Morgan fingerprint density at radius 2 is 1.95 bits per heavy atom. The molecule has 1 aliphatic heterocycles. The van der Waals surface area contributed by atoms with Gasteiger partial charge < -0.3 is 19.1 Å². The molecule has 3 rings (SSSR count). The fourth-order valence-corrected chi connectivity index (χ4v) is 5.06. The summed E-state index contributed by atoms with van der Waals surface area (Å²) >= 11 is 0. The van der Waals surface area contributed by atoms with E-state index in [1.807, 2.05) is 4.98 Å². The lowest BCUT2D eigenvalue weighted by atomic mass is 10.0. The molecular weight excluding hydrogens is 519 g/mol. The number of rotatable bonds is 11. The Morgan fingerprint density at radius 3 is 2.54 bits per heavy atom. The van der Waals surface area contributed by atoms with Crippen LogP contribution in [0.15, 0.2) is 52.2 Å². The summed E-state index contributed by atoms with van der Waals surface area (Å²) in [5, 5.41) is 12.8. The Labute approximate surface area is 210 Å². The lowest BCUT2D eigenvalue weighted by molar-refractivity contribution is -0.170. The first-order valence-electron chi connectivity index (χ1n) is 11.3. The van der Waals surface area contributed by atoms with Gasteiger partial charge in [0.15, 0.2) is 11.8 Å². The molecule has 15 heteroatoms. The van der Waals surface area contributed by atoms with E-state index in [9.17, 15) is 32.8 Å². The molecule has 37 heavy (non-hydrogen) atoms. The quantitative estimate of drug-likeness (QED) is 0.281. The minimum absolute atomic E-state index is 0.0545. The van der Waals surface area contributed by atoms with Gasteiger partial charge in [0, 0.05) is 18.7 Å². The summed E-state index contributed by atoms with van der Waals surface area (Å²) in [7, 11) is -4.52. The summed E-state index contributed by atoms with van der Waals surface area (Å²) in [6.07, 6.45) is -6.66. The van der Waals surface area contributed by atoms with Gasteiger partial charge in [0.1, 0.15) is 17.9 Å². The monoisotopic (exact) mass is 547 g/mol. The van der Waals surface area contributed by atoms with E-state index in [0.717, 1.165) is 16.8 Å². The zero-order valence-corrected chi connectivity index (χ0v) is 21.1. The van der Waals surface area contributed by atoms with Crippen molar-refractivity contribution in [3.05, 3.63) is 63.4 Å². The molecule has 1 aliphatic rings. The smallest absolute Gasteiger partial charge is 0.459 e. The van der Waals surface area contributed by atoms with E-state index < -0.39 is 74.5 Å². The molecule has 1 fully saturated rings. The van der Waals surface area contributed by atoms with Crippen LogP contribution < -0.4 is 20.9 Å². The molecule has 0 amide bonds. The number of aromatic amines is 1. The molecule has 1 aromatic carbocycles. The number of aliphatic hydroxyl groups is 1. The molecule has 12 nitrogen and oxygen atoms in total. The number of alkyl halides is 2. The highest BCUT2D eigenvalue weighted by Gasteiger charge is 2.55. The van der Waals surface area contributed by atoms with Crippen molar-refractivity contribution in [1.82, 2.24) is 14.6 Å². The zero-order valence-electron chi connectivity index (χ0n) is 20.2. The van der Waals surface area contributed by atoms with Crippen LogP contribution >= 0.6 is 7.75 Å². The van der Waals surface area contributed by atoms with Crippen molar-refractivity contribution in [2.45, 2.75) is 63.7 Å². The van der Waals surface area contributed by atoms with Crippen LogP contribution in [-0.4, -0.2) is 57.5 Å². The number of hydrogen-bond donors (Lipinski definition) is 3. The van der Waals surface area contributed by atoms with E-state index in [1.54, 1.807) is 32.0 Å². The average molecular weight is 547 g/mol. The molecule has 204 valence electrons. The van der Waals surface area contributed by atoms with Crippen molar-refractivity contribution in [2.24, 2.45) is 0 Å². The standard InChI is InChI=1S/C22H28F2N3O9P/c1-13(2)34-19(30)14(3)26-37(32,36-15-7-5-4-6-8-15)33-12-22(20(23)24)11-16(28)18(35-22)27-10-9-17(29)25-21(27)31/h4-10,13-14,16,18,20,28H,11-12H2,1-3H3,(H,26,32)(H,25,29,31). The van der Waals surface area contributed by atoms with E-state index in [-0.39, 0.29) is 5.75 Å². The number of H-pyrrole nitrogens is 1. The summed E-state index contributed by atoms with van der Waals surface area (Å²) < 4.78 is 64.2. The van der Waals surface area contributed by atoms with Crippen molar-refractivity contribution in [3.63, 3.8) is 0 Å². The summed E-state index contributed by atoms with van der Waals surface area (Å²) in [6.45, 7) is 3.49. The number of aromatic nitrogens is 2. The Balaban J connectivity index is 1.85. The molecule has 0 aliphatic carbocycles. The van der Waals surface area contributed by atoms with Gasteiger partial charge in [0.2, 0.25) is 0 Å². The number of hydrogen-bond acceptors (Lipinski definition) is 9. The molecule has 5 atom stereocenters. The maximum atomic E-state index is 14.3. The van der Waals surface area contributed by atoms with Gasteiger partial charge in [-0.3, -0.25) is 23.7 Å². The number of carbonyl (C=O) groups excluding carboxylic acids is 1. The van der Waals surface area contributed by atoms with Crippen molar-refractivity contribution in [1.29, 1.82) is 0 Å². The number of benzene rings is 1. The van der Waals surface area contributed by atoms with Gasteiger partial charge in [-0.05, 0) is 32.9 Å². The number of nitrogens with zero attached hydrogens (tertiary/aromatic N) is 1. The second kappa shape index (κ2) is 11.7. The third-order valence-electron chi connectivity index (χ3n) is 5.27. The van der Waals surface area contributed by atoms with Gasteiger partial charge in [-0.1, -0.05) is 18.2 Å². The van der Waals surface area contributed by atoms with E-state index in [1.165, 1.54) is 19.1 Å². The molecule has 2 heterocycles. The van der Waals surface area contributed by atoms with Crippen molar-refractivity contribution < 1.29 is 41.8 Å². The highest BCUT2D eigenvalue weighted by molar-refractivity contribution is 7.52. The molecule has 5 unspecified atom stereocenters. The van der Waals surface area contributed by atoms with E-state index in [4.69, 9.17) is 18.5 Å². The van der Waals surface area contributed by atoms with Gasteiger partial charge in [-0.15, -0.1) is 0 Å². The topological polar surface area (TPSA) is 158 Å². The molecule has 3 N–H and O–H groups in total. The Kier molecular flexibility index (Phi) is 9.03. The highest BCUT2D eigenvalue weighted by Crippen LogP contribution is 2.49. The SMILES string of the molecule is CC(C)OC(=O)C(C)NP(=O)(OCC1(C(F)F)CC(O)C(n2ccc(=O)[nH]c2=O)O1)Oc1ccccc1. The highest BCUT2D eigenvalue weighted by atomic mass is 31.2. The van der Waals surface area contributed by atoms with Crippen LogP contribution in [0.25, 0.3) is 0 Å². The second-order valence-corrected chi connectivity index (χ2v) is 10.4. The Bertz CT molecular complexity index is 1240. The first-order valence-corrected chi connectivity index (χ1v) is 12.8. The fourth-order valence-electron chi connectivity index (χ4n) is 3.52. The molecule has 1 saturated heterocycles. The van der Waals surface area contributed by atoms with Crippen LogP contribution in [0.3, 0.4) is 0 Å². The number of aliphatic hydroxyl groups excluding tert-OH is 1. The largest absolute Gasteiger partial charge is 0.462 e. The van der Waals surface area contributed by atoms with Crippen molar-refractivity contribution >= 4 is 13.7 Å². The number of nitrogens with one attached hydrogen (secondary N) is 2. The number of ether oxygens (including phenoxy) is 2. The maximum absolute atomic E-state index is 14.3. The molecule has 0 bridgehead atoms. The number of halogens is 2. The van der Waals surface area contributed by atoms with E-state index >= 15 is 0 Å². The summed E-state index contributed by atoms with van der Waals surface area (Å²) in [5.74, 6) is -0.733. The number of para-hydroxylation sites is 1. The summed E-state index contributed by atoms with van der Waals surface area (Å²) in [6, 6.07) is 7.41. The Morgan fingerprint density at radius 1 is 1.27 bits per heavy atom. The van der Waals surface area contributed by atoms with Crippen molar-refractivity contribution in [3.8, 4) is 5.75 Å². The fraction of sp³-hybridized carbons (Fsp3) is 0.500. The van der Waals surface area contributed by atoms with Crippen LogP contribution in [0.4, 0.5) is 8.78 Å². The maximum Gasteiger partial charge on any atom is 0.459 e. The van der Waals surface area contributed by atoms with Crippen molar-refractivity contribution in [2.75, 3.05) is 6.61 Å². The lowest BCUT2D eigenvalue weighted by Crippen LogP contribution is -2.44. The normalized spacial score (nSPS) is 24.1. The van der Waals surface area contributed by atoms with Gasteiger partial charge in [-0.25, -0.2) is 18.1 Å². The predicted octanol–water partition coefficient (Wildman–Crippen LogP) is 1.95. The third kappa shape index (κ3) is 7.11. The predicted molar refractivity (Wildman–Crippen MR) is 125 cm³/mol. The van der Waals surface area contributed by atoms with Crippen LogP contribution in [0.5, 0.6) is 5.75 Å². The minimum Gasteiger partial charge on any atom is -0.462 e. The molecule has 1 aromatic heterocycles. The van der Waals surface area contributed by atoms with Crippen LogP contribution in [-0.2, 0) is 23.4 Å². The minimum atomic E-state index is -4.52. The van der Waals surface area contributed by atoms with E-state index in [2.05, 4.69) is 5.09 Å². The summed E-state index contributed by atoms with van der Waals surface area (Å²) in [5.41, 5.74) is -4.23. The average Bonchev–Trinajstić information content (AvgIpc) is 3.15. The van der Waals surface area contributed by atoms with Crippen LogP contribution in [0.1, 0.15) is 33.4 Å². The number of esters is 1. The molecule has 0 saturated carbocycles. The number of carbonyl (C=O) groups is 1. The molecule has 0 radical (unpaired) electrons. The molecule has 0 spiro atoms. The third-order valence-corrected chi connectivity index (χ3v) is 6.89. The van der Waals surface area contributed by atoms with Gasteiger partial charge in [0.05, 0.1) is 12.7 Å². The zero-order chi connectivity index (χ0) is 27.4. The van der Waals surface area contributed by atoms with Crippen LogP contribution in [0.2, 0.25) is 0 Å². The van der Waals surface area contributed by atoms with Gasteiger partial charge in [0.25, 0.3) is 12.0 Å². The van der Waals surface area contributed by atoms with Gasteiger partial charge in [-0.2, -0.15) is 5.09 Å². The van der Waals surface area contributed by atoms with Gasteiger partial charge >= 0.3 is 19.4 Å². The van der Waals surface area contributed by atoms with Crippen LogP contribution in [0, 0.1) is 0 Å². The first kappa shape index (κ1) is 28.7. The second-order valence-electron chi connectivity index (χ2n) is 8.67. The molecule has 2 aromatic rings.